The van der Waals surface area contributed by atoms with Gasteiger partial charge in [-0.1, -0.05) is 0 Å². The topological polar surface area (TPSA) is 33.7 Å². The van der Waals surface area contributed by atoms with Crippen LogP contribution in [0.25, 0.3) is 0 Å². The highest BCUT2D eigenvalue weighted by Gasteiger charge is 2.21. The number of rotatable bonds is 5. The van der Waals surface area contributed by atoms with Gasteiger partial charge in [0.1, 0.15) is 11.5 Å². The molecule has 0 bridgehead atoms. The van der Waals surface area contributed by atoms with E-state index in [4.69, 9.17) is 9.47 Å². The molecular formula is C13H20N2O2. The van der Waals surface area contributed by atoms with Crippen molar-refractivity contribution in [2.75, 3.05) is 34.4 Å². The first kappa shape index (κ1) is 12.2. The summed E-state index contributed by atoms with van der Waals surface area (Å²) in [6, 6.07) is 6.66. The van der Waals surface area contributed by atoms with Crippen LogP contribution in [-0.4, -0.2) is 45.3 Å². The Hall–Kier alpha value is -1.26. The second kappa shape index (κ2) is 5.38. The van der Waals surface area contributed by atoms with Gasteiger partial charge in [-0.25, -0.2) is 0 Å². The summed E-state index contributed by atoms with van der Waals surface area (Å²) in [5, 5.41) is 3.28. The molecule has 1 aromatic rings. The van der Waals surface area contributed by atoms with E-state index in [-0.39, 0.29) is 0 Å². The molecule has 0 spiro atoms. The number of ether oxygens (including phenoxy) is 2. The summed E-state index contributed by atoms with van der Waals surface area (Å²) >= 11 is 0. The molecule has 1 N–H and O–H groups in total. The third-order valence-corrected chi connectivity index (χ3v) is 3.23. The van der Waals surface area contributed by atoms with Crippen LogP contribution < -0.4 is 14.8 Å². The molecule has 1 aliphatic heterocycles. The highest BCUT2D eigenvalue weighted by molar-refractivity contribution is 5.38. The Morgan fingerprint density at radius 2 is 1.76 bits per heavy atom. The first-order valence-electron chi connectivity index (χ1n) is 5.86. The zero-order valence-corrected chi connectivity index (χ0v) is 10.7. The molecule has 1 aliphatic rings. The highest BCUT2D eigenvalue weighted by Crippen LogP contribution is 2.23. The maximum atomic E-state index is 5.27. The second-order valence-electron chi connectivity index (χ2n) is 4.45. The quantitative estimate of drug-likeness (QED) is 0.830. The van der Waals surface area contributed by atoms with Gasteiger partial charge in [0.05, 0.1) is 14.2 Å². The number of benzene rings is 1. The Kier molecular flexibility index (Phi) is 3.86. The molecule has 0 radical (unpaired) electrons. The molecule has 1 saturated heterocycles. The summed E-state index contributed by atoms with van der Waals surface area (Å²) in [7, 11) is 5.51. The minimum atomic E-state index is 0.646. The molecule has 94 valence electrons. The van der Waals surface area contributed by atoms with Crippen LogP contribution in [0.5, 0.6) is 11.5 Å². The Bertz CT molecular complexity index is 355. The van der Waals surface area contributed by atoms with Crippen LogP contribution in [-0.2, 0) is 6.54 Å². The monoisotopic (exact) mass is 236 g/mol. The van der Waals surface area contributed by atoms with Gasteiger partial charge in [-0.3, -0.25) is 4.90 Å². The Balaban J connectivity index is 2.07. The van der Waals surface area contributed by atoms with E-state index in [1.54, 1.807) is 14.2 Å². The normalized spacial score (nSPS) is 15.8. The molecule has 0 saturated carbocycles. The van der Waals surface area contributed by atoms with Crippen molar-refractivity contribution < 1.29 is 9.47 Å². The Morgan fingerprint density at radius 3 is 2.18 bits per heavy atom. The standard InChI is InChI=1S/C13H20N2O2/c1-15(11-7-14-8-11)9-10-4-12(16-2)6-13(5-10)17-3/h4-6,11,14H,7-9H2,1-3H3. The minimum Gasteiger partial charge on any atom is -0.497 e. The van der Waals surface area contributed by atoms with Crippen LogP contribution in [0.2, 0.25) is 0 Å². The molecular weight excluding hydrogens is 216 g/mol. The van der Waals surface area contributed by atoms with E-state index >= 15 is 0 Å². The first-order chi connectivity index (χ1) is 8.22. The van der Waals surface area contributed by atoms with Gasteiger partial charge >= 0.3 is 0 Å². The lowest BCUT2D eigenvalue weighted by molar-refractivity contribution is 0.173. The summed E-state index contributed by atoms with van der Waals surface area (Å²) in [5.41, 5.74) is 1.22. The van der Waals surface area contributed by atoms with Crippen LogP contribution in [0, 0.1) is 0 Å². The smallest absolute Gasteiger partial charge is 0.122 e. The lowest BCUT2D eigenvalue weighted by Crippen LogP contribution is -2.55. The lowest BCUT2D eigenvalue weighted by Gasteiger charge is -2.35. The third kappa shape index (κ3) is 2.90. The van der Waals surface area contributed by atoms with Crippen molar-refractivity contribution in [1.29, 1.82) is 0 Å². The average Bonchev–Trinajstić information content (AvgIpc) is 2.25. The van der Waals surface area contributed by atoms with Gasteiger partial charge in [0.25, 0.3) is 0 Å². The van der Waals surface area contributed by atoms with Gasteiger partial charge in [0.15, 0.2) is 0 Å². The summed E-state index contributed by atoms with van der Waals surface area (Å²) < 4.78 is 10.5. The molecule has 1 fully saturated rings. The van der Waals surface area contributed by atoms with Crippen molar-refractivity contribution in [3.8, 4) is 11.5 Å². The van der Waals surface area contributed by atoms with Crippen molar-refractivity contribution >= 4 is 0 Å². The molecule has 0 amide bonds. The lowest BCUT2D eigenvalue weighted by atomic mass is 10.1. The van der Waals surface area contributed by atoms with Crippen molar-refractivity contribution in [3.05, 3.63) is 23.8 Å². The molecule has 1 heterocycles. The molecule has 2 rings (SSSR count). The highest BCUT2D eigenvalue weighted by atomic mass is 16.5. The maximum Gasteiger partial charge on any atom is 0.122 e. The largest absolute Gasteiger partial charge is 0.497 e. The number of hydrogen-bond donors (Lipinski definition) is 1. The SMILES string of the molecule is COc1cc(CN(C)C2CNC2)cc(OC)c1. The zero-order chi connectivity index (χ0) is 12.3. The van der Waals surface area contributed by atoms with Crippen LogP contribution >= 0.6 is 0 Å². The molecule has 4 nitrogen and oxygen atoms in total. The molecule has 0 aromatic heterocycles. The molecule has 1 aromatic carbocycles. The Labute approximate surface area is 103 Å². The second-order valence-corrected chi connectivity index (χ2v) is 4.45. The van der Waals surface area contributed by atoms with Crippen LogP contribution in [0.1, 0.15) is 5.56 Å². The number of nitrogens with zero attached hydrogens (tertiary/aromatic N) is 1. The summed E-state index contributed by atoms with van der Waals surface area (Å²) in [6.07, 6.45) is 0. The van der Waals surface area contributed by atoms with E-state index in [1.165, 1.54) is 5.56 Å². The first-order valence-corrected chi connectivity index (χ1v) is 5.86. The molecule has 0 aliphatic carbocycles. The fourth-order valence-corrected chi connectivity index (χ4v) is 1.96. The number of hydrogen-bond acceptors (Lipinski definition) is 4. The van der Waals surface area contributed by atoms with Gasteiger partial charge in [0.2, 0.25) is 0 Å². The summed E-state index contributed by atoms with van der Waals surface area (Å²) in [6.45, 7) is 3.08. The fraction of sp³-hybridized carbons (Fsp3) is 0.538. The van der Waals surface area contributed by atoms with Gasteiger partial charge in [-0.05, 0) is 24.7 Å². The van der Waals surface area contributed by atoms with E-state index in [1.807, 2.05) is 6.07 Å². The average molecular weight is 236 g/mol. The maximum absolute atomic E-state index is 5.27. The van der Waals surface area contributed by atoms with Crippen molar-refractivity contribution in [3.63, 3.8) is 0 Å². The Morgan fingerprint density at radius 1 is 1.18 bits per heavy atom. The van der Waals surface area contributed by atoms with Crippen molar-refractivity contribution in [2.45, 2.75) is 12.6 Å². The van der Waals surface area contributed by atoms with Crippen LogP contribution in [0.3, 0.4) is 0 Å². The van der Waals surface area contributed by atoms with Crippen LogP contribution in [0.15, 0.2) is 18.2 Å². The summed E-state index contributed by atoms with van der Waals surface area (Å²) in [4.78, 5) is 2.35. The van der Waals surface area contributed by atoms with E-state index in [0.29, 0.717) is 6.04 Å². The predicted octanol–water partition coefficient (Wildman–Crippen LogP) is 1.11. The number of nitrogens with one attached hydrogen (secondary N) is 1. The van der Waals surface area contributed by atoms with Gasteiger partial charge in [0, 0.05) is 31.7 Å². The van der Waals surface area contributed by atoms with Crippen LogP contribution in [0.4, 0.5) is 0 Å². The minimum absolute atomic E-state index is 0.646. The molecule has 4 heteroatoms. The van der Waals surface area contributed by atoms with Gasteiger partial charge < -0.3 is 14.8 Å². The molecule has 0 unspecified atom stereocenters. The van der Waals surface area contributed by atoms with Gasteiger partial charge in [-0.2, -0.15) is 0 Å². The van der Waals surface area contributed by atoms with E-state index < -0.39 is 0 Å². The van der Waals surface area contributed by atoms with Crippen molar-refractivity contribution in [2.24, 2.45) is 0 Å². The summed E-state index contributed by atoms with van der Waals surface area (Å²) in [5.74, 6) is 1.69. The van der Waals surface area contributed by atoms with Crippen molar-refractivity contribution in [1.82, 2.24) is 10.2 Å². The van der Waals surface area contributed by atoms with E-state index in [0.717, 1.165) is 31.1 Å². The fourth-order valence-electron chi connectivity index (χ4n) is 1.96. The van der Waals surface area contributed by atoms with E-state index in [2.05, 4.69) is 29.4 Å². The number of likely N-dealkylation sites (N-methyl/N-ethyl adjacent to an activating group) is 1. The number of methoxy groups -OCH3 is 2. The third-order valence-electron chi connectivity index (χ3n) is 3.23. The zero-order valence-electron chi connectivity index (χ0n) is 10.7. The molecule has 0 atom stereocenters. The molecule has 17 heavy (non-hydrogen) atoms. The van der Waals surface area contributed by atoms with Gasteiger partial charge in [-0.15, -0.1) is 0 Å². The predicted molar refractivity (Wildman–Crippen MR) is 67.7 cm³/mol. The van der Waals surface area contributed by atoms with E-state index in [9.17, 15) is 0 Å².